The minimum Gasteiger partial charge on any atom is -0.353 e. The van der Waals surface area contributed by atoms with Crippen LogP contribution in [0.25, 0.3) is 11.4 Å². The van der Waals surface area contributed by atoms with Gasteiger partial charge >= 0.3 is 0 Å². The van der Waals surface area contributed by atoms with Crippen molar-refractivity contribution >= 4 is 17.5 Å². The molecule has 1 atom stereocenters. The molecule has 0 saturated carbocycles. The smallest absolute Gasteiger partial charge is 0.229 e. The number of carbonyl (C=O) groups excluding carboxylic acids is 1. The lowest BCUT2D eigenvalue weighted by molar-refractivity contribution is -0.123. The van der Waals surface area contributed by atoms with E-state index in [4.69, 9.17) is 16.1 Å². The molecule has 1 amide bonds. The molecule has 104 valence electrons. The van der Waals surface area contributed by atoms with Gasteiger partial charge in [0.1, 0.15) is 0 Å². The summed E-state index contributed by atoms with van der Waals surface area (Å²) in [5.74, 6) is 1.15. The molecule has 3 rings (SSSR count). The molecule has 2 heterocycles. The fraction of sp³-hybridized carbons (Fsp3) is 0.357. The fourth-order valence-corrected chi connectivity index (χ4v) is 2.52. The van der Waals surface area contributed by atoms with E-state index < -0.39 is 0 Å². The zero-order valence-electron chi connectivity index (χ0n) is 10.8. The highest BCUT2D eigenvalue weighted by molar-refractivity contribution is 6.30. The maximum absolute atomic E-state index is 11.3. The molecular formula is C14H14ClN3O2. The predicted octanol–water partition coefficient (Wildman–Crippen LogP) is 2.60. The van der Waals surface area contributed by atoms with E-state index in [2.05, 4.69) is 15.5 Å². The molecule has 1 unspecified atom stereocenters. The number of piperidine rings is 1. The number of benzene rings is 1. The second-order valence-electron chi connectivity index (χ2n) is 4.88. The van der Waals surface area contributed by atoms with E-state index in [9.17, 15) is 4.79 Å². The van der Waals surface area contributed by atoms with E-state index >= 15 is 0 Å². The van der Waals surface area contributed by atoms with Crippen LogP contribution in [0.2, 0.25) is 5.02 Å². The van der Waals surface area contributed by atoms with Crippen LogP contribution in [-0.2, 0) is 11.2 Å². The standard InChI is InChI=1S/C14H14ClN3O2/c15-10-4-1-3-9(7-10)14-17-13(20-18-14)8-11-5-2-6-12(19)16-11/h1,3-4,7,11H,2,5-6,8H2,(H,16,19). The number of aromatic nitrogens is 2. The highest BCUT2D eigenvalue weighted by Crippen LogP contribution is 2.21. The molecule has 2 aromatic rings. The summed E-state index contributed by atoms with van der Waals surface area (Å²) in [4.78, 5) is 15.7. The van der Waals surface area contributed by atoms with Gasteiger partial charge in [0.05, 0.1) is 0 Å². The Morgan fingerprint density at radius 3 is 3.15 bits per heavy atom. The summed E-state index contributed by atoms with van der Waals surface area (Å²) < 4.78 is 5.24. The number of amides is 1. The van der Waals surface area contributed by atoms with Crippen molar-refractivity contribution in [3.05, 3.63) is 35.2 Å². The molecule has 1 N–H and O–H groups in total. The molecule has 6 heteroatoms. The van der Waals surface area contributed by atoms with Gasteiger partial charge in [-0.15, -0.1) is 0 Å². The first-order valence-electron chi connectivity index (χ1n) is 6.58. The summed E-state index contributed by atoms with van der Waals surface area (Å²) in [7, 11) is 0. The number of hydrogen-bond donors (Lipinski definition) is 1. The SMILES string of the molecule is O=C1CCCC(Cc2nc(-c3cccc(Cl)c3)no2)N1. The molecule has 5 nitrogen and oxygen atoms in total. The summed E-state index contributed by atoms with van der Waals surface area (Å²) in [5, 5.41) is 7.52. The van der Waals surface area contributed by atoms with Crippen LogP contribution in [0.3, 0.4) is 0 Å². The van der Waals surface area contributed by atoms with Crippen LogP contribution in [0.1, 0.15) is 25.2 Å². The minimum absolute atomic E-state index is 0.0870. The lowest BCUT2D eigenvalue weighted by Gasteiger charge is -2.21. The Bertz CT molecular complexity index is 626. The summed E-state index contributed by atoms with van der Waals surface area (Å²) in [6.45, 7) is 0. The molecule has 0 spiro atoms. The predicted molar refractivity (Wildman–Crippen MR) is 74.2 cm³/mol. The number of nitrogens with one attached hydrogen (secondary N) is 1. The Morgan fingerprint density at radius 2 is 2.35 bits per heavy atom. The van der Waals surface area contributed by atoms with Crippen LogP contribution in [0.4, 0.5) is 0 Å². The van der Waals surface area contributed by atoms with Gasteiger partial charge in [0.2, 0.25) is 17.6 Å². The van der Waals surface area contributed by atoms with E-state index in [0.717, 1.165) is 18.4 Å². The van der Waals surface area contributed by atoms with Crippen LogP contribution in [0.15, 0.2) is 28.8 Å². The first-order chi connectivity index (χ1) is 9.70. The number of halogens is 1. The molecule has 0 radical (unpaired) electrons. The highest BCUT2D eigenvalue weighted by Gasteiger charge is 2.21. The van der Waals surface area contributed by atoms with Crippen molar-refractivity contribution in [3.63, 3.8) is 0 Å². The Hall–Kier alpha value is -1.88. The molecular weight excluding hydrogens is 278 g/mol. The van der Waals surface area contributed by atoms with E-state index in [1.54, 1.807) is 12.1 Å². The third-order valence-electron chi connectivity index (χ3n) is 3.29. The summed E-state index contributed by atoms with van der Waals surface area (Å²) in [6, 6.07) is 7.39. The van der Waals surface area contributed by atoms with Gasteiger partial charge in [0.15, 0.2) is 0 Å². The number of carbonyl (C=O) groups is 1. The quantitative estimate of drug-likeness (QED) is 0.944. The van der Waals surface area contributed by atoms with E-state index in [1.807, 2.05) is 12.1 Å². The zero-order chi connectivity index (χ0) is 13.9. The van der Waals surface area contributed by atoms with Gasteiger partial charge in [-0.1, -0.05) is 28.9 Å². The molecule has 0 bridgehead atoms. The molecule has 0 aliphatic carbocycles. The number of hydrogen-bond acceptors (Lipinski definition) is 4. The summed E-state index contributed by atoms with van der Waals surface area (Å²) >= 11 is 5.94. The molecule has 1 aliphatic rings. The Balaban J connectivity index is 1.72. The van der Waals surface area contributed by atoms with Crippen LogP contribution < -0.4 is 5.32 Å². The second-order valence-corrected chi connectivity index (χ2v) is 5.32. The van der Waals surface area contributed by atoms with Crippen LogP contribution in [0.5, 0.6) is 0 Å². The van der Waals surface area contributed by atoms with Crippen molar-refractivity contribution in [2.45, 2.75) is 31.7 Å². The normalized spacial score (nSPS) is 18.9. The number of nitrogens with zero attached hydrogens (tertiary/aromatic N) is 2. The first-order valence-corrected chi connectivity index (χ1v) is 6.96. The van der Waals surface area contributed by atoms with Crippen molar-refractivity contribution < 1.29 is 9.32 Å². The van der Waals surface area contributed by atoms with E-state index in [0.29, 0.717) is 29.6 Å². The summed E-state index contributed by atoms with van der Waals surface area (Å²) in [5.41, 5.74) is 0.820. The molecule has 20 heavy (non-hydrogen) atoms. The van der Waals surface area contributed by atoms with E-state index in [1.165, 1.54) is 0 Å². The van der Waals surface area contributed by atoms with Gasteiger partial charge in [-0.25, -0.2) is 0 Å². The van der Waals surface area contributed by atoms with Crippen LogP contribution in [-0.4, -0.2) is 22.1 Å². The summed E-state index contributed by atoms with van der Waals surface area (Å²) in [6.07, 6.45) is 3.03. The van der Waals surface area contributed by atoms with Crippen LogP contribution >= 0.6 is 11.6 Å². The van der Waals surface area contributed by atoms with Crippen LogP contribution in [0, 0.1) is 0 Å². The largest absolute Gasteiger partial charge is 0.353 e. The monoisotopic (exact) mass is 291 g/mol. The van der Waals surface area contributed by atoms with Gasteiger partial charge in [-0.3, -0.25) is 4.79 Å². The van der Waals surface area contributed by atoms with Gasteiger partial charge in [-0.2, -0.15) is 4.98 Å². The zero-order valence-corrected chi connectivity index (χ0v) is 11.6. The molecule has 1 aromatic carbocycles. The van der Waals surface area contributed by atoms with Crippen molar-refractivity contribution in [1.29, 1.82) is 0 Å². The number of rotatable bonds is 3. The lowest BCUT2D eigenvalue weighted by atomic mass is 10.0. The van der Waals surface area contributed by atoms with E-state index in [-0.39, 0.29) is 11.9 Å². The highest BCUT2D eigenvalue weighted by atomic mass is 35.5. The molecule has 1 aliphatic heterocycles. The van der Waals surface area contributed by atoms with Crippen molar-refractivity contribution in [1.82, 2.24) is 15.5 Å². The van der Waals surface area contributed by atoms with Gasteiger partial charge in [-0.05, 0) is 25.0 Å². The minimum atomic E-state index is 0.0870. The Morgan fingerprint density at radius 1 is 1.45 bits per heavy atom. The molecule has 1 fully saturated rings. The fourth-order valence-electron chi connectivity index (χ4n) is 2.33. The average molecular weight is 292 g/mol. The van der Waals surface area contributed by atoms with Gasteiger partial charge in [0, 0.05) is 29.5 Å². The van der Waals surface area contributed by atoms with Crippen molar-refractivity contribution in [2.75, 3.05) is 0 Å². The Kier molecular flexibility index (Phi) is 3.69. The topological polar surface area (TPSA) is 68.0 Å². The first kappa shape index (κ1) is 13.1. The van der Waals surface area contributed by atoms with Gasteiger partial charge in [0.25, 0.3) is 0 Å². The third-order valence-corrected chi connectivity index (χ3v) is 3.53. The van der Waals surface area contributed by atoms with Crippen molar-refractivity contribution in [3.8, 4) is 11.4 Å². The van der Waals surface area contributed by atoms with Gasteiger partial charge < -0.3 is 9.84 Å². The lowest BCUT2D eigenvalue weighted by Crippen LogP contribution is -2.40. The molecule has 1 aromatic heterocycles. The average Bonchev–Trinajstić information content (AvgIpc) is 2.87. The van der Waals surface area contributed by atoms with Crippen molar-refractivity contribution in [2.24, 2.45) is 0 Å². The third kappa shape index (κ3) is 2.99. The maximum Gasteiger partial charge on any atom is 0.229 e. The Labute approximate surface area is 121 Å². The molecule has 1 saturated heterocycles. The maximum atomic E-state index is 11.3. The second kappa shape index (κ2) is 5.63.